The van der Waals surface area contributed by atoms with Gasteiger partial charge < -0.3 is 42.3 Å². The van der Waals surface area contributed by atoms with E-state index in [1.54, 1.807) is 91.8 Å². The minimum Gasteiger partial charge on any atom is -0.650 e. The Morgan fingerprint density at radius 1 is 0.309 bits per heavy atom. The second-order valence-electron chi connectivity index (χ2n) is 27.1. The molecule has 23 aromatic rings. The molecule has 0 amide bonds. The molecule has 0 spiro atoms. The van der Waals surface area contributed by atoms with Gasteiger partial charge in [-0.05, 0) is 140 Å². The summed E-state index contributed by atoms with van der Waals surface area (Å²) in [5.41, 5.74) is 20.1. The average molecular weight is 1750 g/mol. The van der Waals surface area contributed by atoms with Crippen molar-refractivity contribution in [3.63, 3.8) is 0 Å². The third kappa shape index (κ3) is 15.7. The van der Waals surface area contributed by atoms with E-state index in [9.17, 15) is 14.8 Å². The first-order valence-electron chi connectivity index (χ1n) is 37.8. The van der Waals surface area contributed by atoms with Crippen molar-refractivity contribution in [1.82, 2.24) is 77.7 Å². The molecule has 579 valence electrons. The summed E-state index contributed by atoms with van der Waals surface area (Å²) >= 11 is 8.79. The molecule has 0 saturated carbocycles. The van der Waals surface area contributed by atoms with E-state index in [1.165, 1.54) is 95.4 Å². The molecule has 23 rings (SSSR count). The van der Waals surface area contributed by atoms with Crippen molar-refractivity contribution in [2.24, 2.45) is 0 Å². The molecule has 17 aromatic heterocycles. The van der Waals surface area contributed by atoms with Crippen LogP contribution >= 0.6 is 11.3 Å². The number of phenols is 1. The van der Waals surface area contributed by atoms with Crippen molar-refractivity contribution < 1.29 is 47.9 Å². The van der Waals surface area contributed by atoms with Crippen LogP contribution in [0.25, 0.3) is 159 Å². The molecule has 31 heteroatoms. The zero-order valence-electron chi connectivity index (χ0n) is 65.3. The fraction of sp³-hybridized carbons (Fsp3) is 0. The summed E-state index contributed by atoms with van der Waals surface area (Å²) < 4.78 is 53.8. The first-order valence-corrected chi connectivity index (χ1v) is 41.5. The van der Waals surface area contributed by atoms with E-state index >= 15 is 0 Å². The molecule has 23 nitrogen and oxygen atoms in total. The summed E-state index contributed by atoms with van der Waals surface area (Å²) in [7, 11) is 0. The smallest absolute Gasteiger partial charge is 0.495 e. The van der Waals surface area contributed by atoms with Gasteiger partial charge in [0.05, 0.1) is 147 Å². The Bertz CT molecular complexity index is 7480. The number of phenolic OH excluding ortho intramolecular Hbond substituents is 1. The van der Waals surface area contributed by atoms with Gasteiger partial charge >= 0.3 is 83.1 Å². The predicted octanol–water partition coefficient (Wildman–Crippen LogP) is 17.0. The van der Waals surface area contributed by atoms with Crippen LogP contribution in [-0.4, -0.2) is 166 Å². The minimum absolute atomic E-state index is 0. The summed E-state index contributed by atoms with van der Waals surface area (Å²) in [4.78, 5) is 48.3. The second-order valence-corrected chi connectivity index (χ2v) is 29.7. The first kappa shape index (κ1) is 82.0. The number of benzene rings is 6. The summed E-state index contributed by atoms with van der Waals surface area (Å²) in [6.07, 6.45) is 24.0. The summed E-state index contributed by atoms with van der Waals surface area (Å²) in [5.74, 6) is 3.42. The number of aromatic nitrogens is 16. The number of nitrogens with zero attached hydrogens (tertiary/aromatic N) is 17. The Labute approximate surface area is 758 Å². The molecular formula is C92H60Al5FN17O6SZn. The Morgan fingerprint density at radius 2 is 0.707 bits per heavy atom. The SMILES string of the molecule is Fc1cnc2c3c([O][AlH])cncc3n(-c3ccccc3)c2c1.N#Cc1cnc2c3c([O][AlH])cncc3n(-c3ccccc3)c2c1.Oc1cccc2sc3cccnc3c12.[AlH][O]c1ccnc2c1c1ncccc1n2-c1ccccc1.[AlH][O]c1cncc2c1c1ncccc1n2-c1ccccc1.[AlH][O]c1nccc2c1c1ncccc1n2-c1ccccc1.[Zn]. The third-order valence-corrected chi connectivity index (χ3v) is 22.9. The van der Waals surface area contributed by atoms with Gasteiger partial charge in [-0.15, -0.1) is 11.3 Å². The van der Waals surface area contributed by atoms with E-state index in [2.05, 4.69) is 134 Å². The van der Waals surface area contributed by atoms with Crippen molar-refractivity contribution in [3.8, 4) is 69.1 Å². The van der Waals surface area contributed by atoms with E-state index < -0.39 is 0 Å². The largest absolute Gasteiger partial charge is 0.650 e. The number of hydrogen-bond donors (Lipinski definition) is 1. The molecular weight excluding hydrogens is 1690 g/mol. The van der Waals surface area contributed by atoms with Crippen molar-refractivity contribution in [1.29, 1.82) is 5.26 Å². The van der Waals surface area contributed by atoms with Crippen LogP contribution in [0.5, 0.6) is 34.6 Å². The number of pyridine rings is 11. The fourth-order valence-corrected chi connectivity index (χ4v) is 17.4. The molecule has 6 aromatic carbocycles. The van der Waals surface area contributed by atoms with Crippen LogP contribution in [0.4, 0.5) is 4.39 Å². The fourth-order valence-electron chi connectivity index (χ4n) is 15.2. The molecule has 0 aliphatic heterocycles. The number of fused-ring (bicyclic) bond motifs is 18. The van der Waals surface area contributed by atoms with Gasteiger partial charge in [-0.1, -0.05) is 97.1 Å². The number of para-hydroxylation sites is 5. The normalized spacial score (nSPS) is 10.9. The van der Waals surface area contributed by atoms with Gasteiger partial charge in [-0.25, -0.2) is 14.4 Å². The van der Waals surface area contributed by atoms with Crippen molar-refractivity contribution in [2.45, 2.75) is 0 Å². The quantitative estimate of drug-likeness (QED) is 0.125. The molecule has 0 unspecified atom stereocenters. The monoisotopic (exact) mass is 1750 g/mol. The van der Waals surface area contributed by atoms with Crippen molar-refractivity contribution in [2.75, 3.05) is 0 Å². The Morgan fingerprint density at radius 3 is 1.19 bits per heavy atom. The molecule has 0 atom stereocenters. The maximum absolute atomic E-state index is 13.7. The van der Waals surface area contributed by atoms with Crippen LogP contribution < -0.4 is 18.9 Å². The predicted molar refractivity (Wildman–Crippen MR) is 484 cm³/mol. The topological polar surface area (TPSA) is 257 Å². The average Bonchev–Trinajstić information content (AvgIpc) is 1.56. The summed E-state index contributed by atoms with van der Waals surface area (Å²) in [6.45, 7) is 0. The molecule has 0 aliphatic rings. The Kier molecular flexibility index (Phi) is 24.6. The summed E-state index contributed by atoms with van der Waals surface area (Å²) in [6, 6.07) is 81.2. The zero-order valence-corrected chi connectivity index (χ0v) is 76.2. The number of hydrogen-bond acceptors (Lipinski definition) is 19. The Balaban J connectivity index is 0.000000105. The minimum atomic E-state index is -0.374. The van der Waals surface area contributed by atoms with Gasteiger partial charge in [0.15, 0.2) is 11.5 Å². The molecule has 17 heterocycles. The van der Waals surface area contributed by atoms with Gasteiger partial charge in [0.25, 0.3) is 0 Å². The molecule has 123 heavy (non-hydrogen) atoms. The Hall–Kier alpha value is -13.3. The number of thiophene rings is 1. The number of halogens is 1. The molecule has 1 N–H and O–H groups in total. The third-order valence-electron chi connectivity index (χ3n) is 20.3. The van der Waals surface area contributed by atoms with E-state index in [4.69, 9.17) is 18.9 Å². The van der Waals surface area contributed by atoms with Gasteiger partial charge in [-0.3, -0.25) is 49.4 Å². The number of rotatable bonds is 10. The number of aromatic hydroxyl groups is 1. The van der Waals surface area contributed by atoms with Crippen molar-refractivity contribution in [3.05, 3.63) is 341 Å². The van der Waals surface area contributed by atoms with Gasteiger partial charge in [0, 0.05) is 102 Å². The molecule has 0 aliphatic carbocycles. The second kappa shape index (κ2) is 37.0. The van der Waals surface area contributed by atoms with Crippen LogP contribution in [0.3, 0.4) is 0 Å². The molecule has 0 bridgehead atoms. The van der Waals surface area contributed by atoms with Crippen LogP contribution in [0, 0.1) is 17.1 Å². The van der Waals surface area contributed by atoms with Crippen molar-refractivity contribution >= 4 is 225 Å². The van der Waals surface area contributed by atoms with Gasteiger partial charge in [-0.2, -0.15) is 5.26 Å². The summed E-state index contributed by atoms with van der Waals surface area (Å²) in [5, 5.41) is 24.4. The maximum Gasteiger partial charge on any atom is 0.495 e. The maximum atomic E-state index is 13.7. The molecule has 0 saturated heterocycles. The van der Waals surface area contributed by atoms with E-state index in [1.807, 2.05) is 187 Å². The van der Waals surface area contributed by atoms with E-state index in [-0.39, 0.29) is 25.3 Å². The first-order chi connectivity index (χ1) is 60.2. The standard InChI is InChI=1S/C17H10N4O.C16H10FN3O.3C16H11N3O.C11H7NOS.5Al.Zn.5H/c18-7-11-6-13-17(20-8-11)16-14(9-19-10-15(16)22)21(13)12-4-2-1-3-5-12;17-10-6-12-16(19-7-10)15-13(8-18-9-14(15)21)20(12)11-4-2-1-3-5-11;20-16-14-12(8-10-18-16)19(11-5-2-1-3-6-11)13-7-4-9-17-15(13)14;20-13-8-10-18-16-14(13)15-12(7-4-9-17-15)19(16)11-5-2-1-3-6-11;20-14-10-17-9-13-15(14)16-12(7-4-8-18-16)19(13)11-5-2-1-3-6-11;13-7-3-1-4-8-10(7)11-9(14-8)5-2-6-12-11;;;;;;;;;;;/h1-6,8-10,22H;1-9,21H;2*1-10H,(H,18,20);1-10,20H;1-6,13H;;;;;;;;;;;/q;;;;;;5*+1;;;;;;/p-5. The van der Waals surface area contributed by atoms with Gasteiger partial charge in [0.2, 0.25) is 0 Å². The molecule has 5 radical (unpaired) electrons. The van der Waals surface area contributed by atoms with E-state index in [0.29, 0.717) is 39.7 Å². The van der Waals surface area contributed by atoms with Crippen LogP contribution in [0.2, 0.25) is 0 Å². The molecule has 0 fully saturated rings. The van der Waals surface area contributed by atoms with Crippen LogP contribution in [0.15, 0.2) is 329 Å². The van der Waals surface area contributed by atoms with Gasteiger partial charge in [0.1, 0.15) is 62.5 Å². The zero-order chi connectivity index (χ0) is 83.2. The van der Waals surface area contributed by atoms with E-state index in [0.717, 1.165) is 159 Å². The van der Waals surface area contributed by atoms with Crippen LogP contribution in [0.1, 0.15) is 5.56 Å². The number of nitriles is 1. The van der Waals surface area contributed by atoms with Crippen LogP contribution in [-0.2, 0) is 19.5 Å².